The summed E-state index contributed by atoms with van der Waals surface area (Å²) in [6.45, 7) is 5.72. The van der Waals surface area contributed by atoms with Gasteiger partial charge in [0.15, 0.2) is 0 Å². The summed E-state index contributed by atoms with van der Waals surface area (Å²) < 4.78 is 0. The van der Waals surface area contributed by atoms with Crippen LogP contribution in [0.1, 0.15) is 19.4 Å². The lowest BCUT2D eigenvalue weighted by atomic mass is 10.2. The van der Waals surface area contributed by atoms with Gasteiger partial charge >= 0.3 is 0 Å². The zero-order valence-electron chi connectivity index (χ0n) is 13.1. The van der Waals surface area contributed by atoms with Crippen LogP contribution in [0, 0.1) is 5.92 Å². The van der Waals surface area contributed by atoms with Gasteiger partial charge in [0.1, 0.15) is 0 Å². The van der Waals surface area contributed by atoms with Crippen molar-refractivity contribution in [2.75, 3.05) is 18.5 Å². The normalized spacial score (nSPS) is 10.1. The van der Waals surface area contributed by atoms with E-state index in [2.05, 4.69) is 33.8 Å². The number of alkyl halides is 1. The van der Waals surface area contributed by atoms with Crippen molar-refractivity contribution < 1.29 is 9.59 Å². The highest BCUT2D eigenvalue weighted by Crippen LogP contribution is 2.06. The lowest BCUT2D eigenvalue weighted by molar-refractivity contribution is -0.133. The number of hydrazine groups is 1. The smallest absolute Gasteiger partial charge is 0.250 e. The first-order chi connectivity index (χ1) is 10.4. The Labute approximate surface area is 140 Å². The lowest BCUT2D eigenvalue weighted by Crippen LogP contribution is -2.45. The maximum Gasteiger partial charge on any atom is 0.250 e. The van der Waals surface area contributed by atoms with Gasteiger partial charge < -0.3 is 5.73 Å². The Morgan fingerprint density at radius 1 is 1.32 bits per heavy atom. The second kappa shape index (κ2) is 12.1. The first-order valence-electron chi connectivity index (χ1n) is 6.97. The molecule has 1 rings (SSSR count). The Balaban J connectivity index is 0.00000135. The van der Waals surface area contributed by atoms with E-state index in [0.29, 0.717) is 24.5 Å². The molecule has 0 saturated heterocycles. The van der Waals surface area contributed by atoms with E-state index in [1.54, 1.807) is 0 Å². The average molecular weight is 373 g/mol. The Morgan fingerprint density at radius 2 is 1.86 bits per heavy atom. The van der Waals surface area contributed by atoms with E-state index in [4.69, 9.17) is 10.6 Å². The lowest BCUT2D eigenvalue weighted by Gasteiger charge is -2.24. The largest absolute Gasteiger partial charge is 0.372 e. The molecule has 6 nitrogen and oxygen atoms in total. The number of halogens is 1. The SMILES string of the molecule is CC(C)CN(N)C(=O)CN(CBr)Cc1ccccc1.NC=O. The van der Waals surface area contributed by atoms with Crippen LogP contribution in [0.25, 0.3) is 0 Å². The summed E-state index contributed by atoms with van der Waals surface area (Å²) in [5.74, 6) is 6.08. The van der Waals surface area contributed by atoms with E-state index in [-0.39, 0.29) is 12.3 Å². The number of nitrogens with two attached hydrogens (primary N) is 2. The number of carbonyl (C=O) groups excluding carboxylic acids is 2. The van der Waals surface area contributed by atoms with Gasteiger partial charge in [0, 0.05) is 13.1 Å². The first-order valence-corrected chi connectivity index (χ1v) is 8.09. The topological polar surface area (TPSA) is 92.7 Å². The zero-order valence-corrected chi connectivity index (χ0v) is 14.7. The third-order valence-corrected chi connectivity index (χ3v) is 3.37. The second-order valence-corrected chi connectivity index (χ2v) is 5.67. The molecular weight excluding hydrogens is 348 g/mol. The number of hydrogen-bond acceptors (Lipinski definition) is 4. The van der Waals surface area contributed by atoms with Crippen LogP contribution in [0.15, 0.2) is 30.3 Å². The highest BCUT2D eigenvalue weighted by Gasteiger charge is 2.15. The third-order valence-electron chi connectivity index (χ3n) is 2.66. The van der Waals surface area contributed by atoms with E-state index in [9.17, 15) is 4.79 Å². The van der Waals surface area contributed by atoms with Gasteiger partial charge in [0.05, 0.1) is 12.0 Å². The predicted molar refractivity (Wildman–Crippen MR) is 91.6 cm³/mol. The van der Waals surface area contributed by atoms with E-state index in [1.165, 1.54) is 10.6 Å². The molecule has 124 valence electrons. The summed E-state index contributed by atoms with van der Waals surface area (Å²) in [6, 6.07) is 10.1. The summed E-state index contributed by atoms with van der Waals surface area (Å²) in [7, 11) is 0. The summed E-state index contributed by atoms with van der Waals surface area (Å²) in [4.78, 5) is 22.6. The van der Waals surface area contributed by atoms with Gasteiger partial charge in [0.25, 0.3) is 5.91 Å². The quantitative estimate of drug-likeness (QED) is 0.188. The van der Waals surface area contributed by atoms with Crippen LogP contribution in [-0.4, -0.2) is 40.8 Å². The molecule has 0 aliphatic carbocycles. The third kappa shape index (κ3) is 9.49. The minimum absolute atomic E-state index is 0.0518. The molecule has 0 aliphatic rings. The van der Waals surface area contributed by atoms with Gasteiger partial charge in [-0.15, -0.1) is 0 Å². The maximum absolute atomic E-state index is 12.0. The number of nitrogens with zero attached hydrogens (tertiary/aromatic N) is 2. The standard InChI is InChI=1S/C14H22BrN3O.CH3NO/c1-12(2)8-18(16)14(19)10-17(11-15)9-13-6-4-3-5-7-13;2-1-3/h3-7,12H,8-11,16H2,1-2H3;1H,(H2,2,3). The van der Waals surface area contributed by atoms with Crippen molar-refractivity contribution in [2.24, 2.45) is 17.5 Å². The van der Waals surface area contributed by atoms with Crippen molar-refractivity contribution in [1.82, 2.24) is 9.91 Å². The molecule has 0 aliphatic heterocycles. The van der Waals surface area contributed by atoms with Gasteiger partial charge in [-0.3, -0.25) is 19.5 Å². The van der Waals surface area contributed by atoms with Gasteiger partial charge in [-0.2, -0.15) is 0 Å². The van der Waals surface area contributed by atoms with Crippen LogP contribution in [0.4, 0.5) is 0 Å². The average Bonchev–Trinajstić information content (AvgIpc) is 2.47. The molecule has 7 heteroatoms. The molecule has 0 unspecified atom stereocenters. The van der Waals surface area contributed by atoms with Crippen LogP contribution in [0.3, 0.4) is 0 Å². The highest BCUT2D eigenvalue weighted by molar-refractivity contribution is 9.09. The fraction of sp³-hybridized carbons (Fsp3) is 0.467. The van der Waals surface area contributed by atoms with Crippen molar-refractivity contribution in [3.05, 3.63) is 35.9 Å². The number of benzene rings is 1. The van der Waals surface area contributed by atoms with Crippen LogP contribution in [-0.2, 0) is 16.1 Å². The molecule has 1 aromatic carbocycles. The molecule has 0 heterocycles. The summed E-state index contributed by atoms with van der Waals surface area (Å²) in [5.41, 5.74) is 5.99. The molecule has 0 spiro atoms. The number of primary amides is 1. The van der Waals surface area contributed by atoms with Gasteiger partial charge in [-0.25, -0.2) is 5.84 Å². The number of rotatable bonds is 7. The van der Waals surface area contributed by atoms with Crippen LogP contribution < -0.4 is 11.6 Å². The maximum atomic E-state index is 12.0. The Kier molecular flexibility index (Phi) is 11.3. The number of carbonyl (C=O) groups is 2. The first kappa shape index (κ1) is 20.6. The fourth-order valence-electron chi connectivity index (χ4n) is 1.76. The summed E-state index contributed by atoms with van der Waals surface area (Å²) in [6.07, 6.45) is 0.250. The monoisotopic (exact) mass is 372 g/mol. The second-order valence-electron chi connectivity index (χ2n) is 5.17. The molecule has 4 N–H and O–H groups in total. The minimum atomic E-state index is -0.0518. The van der Waals surface area contributed by atoms with Crippen molar-refractivity contribution in [2.45, 2.75) is 20.4 Å². The molecule has 0 aromatic heterocycles. The van der Waals surface area contributed by atoms with E-state index >= 15 is 0 Å². The van der Waals surface area contributed by atoms with Gasteiger partial charge in [-0.1, -0.05) is 60.1 Å². The predicted octanol–water partition coefficient (Wildman–Crippen LogP) is 1.30. The van der Waals surface area contributed by atoms with E-state index in [0.717, 1.165) is 6.54 Å². The van der Waals surface area contributed by atoms with Crippen molar-refractivity contribution in [1.29, 1.82) is 0 Å². The van der Waals surface area contributed by atoms with Gasteiger partial charge in [0.2, 0.25) is 6.41 Å². The zero-order chi connectivity index (χ0) is 17.0. The highest BCUT2D eigenvalue weighted by atomic mass is 79.9. The number of hydrogen-bond donors (Lipinski definition) is 2. The van der Waals surface area contributed by atoms with Crippen molar-refractivity contribution in [3.63, 3.8) is 0 Å². The number of amides is 2. The molecule has 0 radical (unpaired) electrons. The van der Waals surface area contributed by atoms with E-state index < -0.39 is 0 Å². The molecule has 0 bridgehead atoms. The molecular formula is C15H25BrN4O2. The summed E-state index contributed by atoms with van der Waals surface area (Å²) >= 11 is 3.42. The van der Waals surface area contributed by atoms with E-state index in [1.807, 2.05) is 36.9 Å². The van der Waals surface area contributed by atoms with Crippen molar-refractivity contribution >= 4 is 28.2 Å². The molecule has 22 heavy (non-hydrogen) atoms. The van der Waals surface area contributed by atoms with Crippen LogP contribution >= 0.6 is 15.9 Å². The van der Waals surface area contributed by atoms with Crippen LogP contribution in [0.2, 0.25) is 0 Å². The fourth-order valence-corrected chi connectivity index (χ4v) is 2.11. The van der Waals surface area contributed by atoms with Crippen LogP contribution in [0.5, 0.6) is 0 Å². The summed E-state index contributed by atoms with van der Waals surface area (Å²) in [5, 5.41) is 1.31. The Bertz CT molecular complexity index is 429. The Morgan fingerprint density at radius 3 is 2.32 bits per heavy atom. The molecule has 2 amide bonds. The van der Waals surface area contributed by atoms with Crippen molar-refractivity contribution in [3.8, 4) is 0 Å². The van der Waals surface area contributed by atoms with Gasteiger partial charge in [-0.05, 0) is 11.5 Å². The molecule has 0 saturated carbocycles. The molecule has 0 fully saturated rings. The molecule has 1 aromatic rings. The minimum Gasteiger partial charge on any atom is -0.372 e. The molecule has 0 atom stereocenters. The Hall–Kier alpha value is -1.44.